The average Bonchev–Trinajstić information content (AvgIpc) is 0.736. The van der Waals surface area contributed by atoms with E-state index in [1.54, 1.807) is 6.92 Å². The van der Waals surface area contributed by atoms with Gasteiger partial charge in [0.1, 0.15) is 28.9 Å². The van der Waals surface area contributed by atoms with Crippen molar-refractivity contribution in [2.75, 3.05) is 0 Å². The summed E-state index contributed by atoms with van der Waals surface area (Å²) in [6.45, 7) is 23.0. The van der Waals surface area contributed by atoms with Crippen LogP contribution in [0, 0.1) is 5.92 Å². The number of ether oxygens (including phenoxy) is 3. The molecule has 11 rings (SSSR count). The topological polar surface area (TPSA) is 182 Å². The minimum atomic E-state index is -3.99. The predicted molar refractivity (Wildman–Crippen MR) is 432 cm³/mol. The molecule has 16 heteroatoms. The maximum absolute atomic E-state index is 17.2. The second-order valence-electron chi connectivity index (χ2n) is 30.9. The summed E-state index contributed by atoms with van der Waals surface area (Å²) in [5.41, 5.74) is 1.39. The third-order valence-electron chi connectivity index (χ3n) is 21.4. The van der Waals surface area contributed by atoms with Crippen molar-refractivity contribution >= 4 is 97.7 Å². The SMILES string of the molecule is CCC(OC(C)=O)C(OC(C)=O)C(CC(C)(C)[Si](O)(c1ccccc1)c1ccccc1)C(O)Oc1c(-c2ccc(CC(C)(C)[Si](O)(c3ccccc3)c3ccccc3)cc2)oc2cc(CC(C)(C)[Si](O)(c3ccccc3)c3ccccc3)cc(O[Si](c3ccccc3)(c3ccccc3)C(C)(C)C)c2c1=O. The summed E-state index contributed by atoms with van der Waals surface area (Å²) >= 11 is 0. The summed E-state index contributed by atoms with van der Waals surface area (Å²) in [4.78, 5) is 85.1. The Morgan fingerprint density at radius 2 is 0.790 bits per heavy atom. The van der Waals surface area contributed by atoms with Crippen LogP contribution in [0.2, 0.25) is 20.2 Å². The first-order chi connectivity index (χ1) is 50.0. The monoisotopic (exact) mass is 1470 g/mol. The highest BCUT2D eigenvalue weighted by Crippen LogP contribution is 2.48. The van der Waals surface area contributed by atoms with Gasteiger partial charge in [-0.25, -0.2) is 0 Å². The minimum Gasteiger partial charge on any atom is -0.533 e. The maximum Gasteiger partial charge on any atom is 0.319 e. The molecular formula is C89H98O12Si4. The number of fused-ring (bicyclic) bond motifs is 1. The lowest BCUT2D eigenvalue weighted by Crippen LogP contribution is -2.68. The van der Waals surface area contributed by atoms with Crippen molar-refractivity contribution in [3.63, 3.8) is 0 Å². The fourth-order valence-corrected chi connectivity index (χ4v) is 31.7. The van der Waals surface area contributed by atoms with Gasteiger partial charge in [-0.1, -0.05) is 336 Å². The molecule has 4 N–H and O–H groups in total. The van der Waals surface area contributed by atoms with Crippen molar-refractivity contribution in [3.05, 3.63) is 300 Å². The standard InChI is InChI=1S/C89H98O12Si4/c1-13-77(97-63(2)90)83(98-64(3)91)76(62-89(11,12)104(96,72-46-30-18-31-47-72)73-48-32-19-33-49-73)85(93)100-84-81(92)80-78(99-82(84)67-56-54-65(55-57-67)60-87(7,8)102(94,68-38-22-14-23-39-68)69-40-24-15-25-41-69)58-66(61-88(9,10)103(95,70-42-26-16-27-43-70)71-44-28-17-29-45-71)59-79(80)101-105(86(4,5)6,74-50-34-20-35-51-74)75-52-36-21-37-53-75/h14-59,76-77,83,85,93-96H,13,60-62H2,1-12H3. The summed E-state index contributed by atoms with van der Waals surface area (Å²) < 4.78 is 35.0. The van der Waals surface area contributed by atoms with Gasteiger partial charge in [-0.15, -0.1) is 0 Å². The Morgan fingerprint density at radius 3 is 1.13 bits per heavy atom. The van der Waals surface area contributed by atoms with Gasteiger partial charge >= 0.3 is 20.3 Å². The van der Waals surface area contributed by atoms with E-state index in [4.69, 9.17) is 23.1 Å². The molecule has 1 aromatic heterocycles. The van der Waals surface area contributed by atoms with Crippen molar-refractivity contribution in [2.24, 2.45) is 5.92 Å². The van der Waals surface area contributed by atoms with Crippen molar-refractivity contribution in [3.8, 4) is 22.8 Å². The van der Waals surface area contributed by atoms with Crippen LogP contribution in [0.3, 0.4) is 0 Å². The molecule has 1 heterocycles. The van der Waals surface area contributed by atoms with Gasteiger partial charge in [0.25, 0.3) is 25.0 Å². The molecule has 0 saturated carbocycles. The Kier molecular flexibility index (Phi) is 22.9. The molecular weight excluding hydrogens is 1370 g/mol. The lowest BCUT2D eigenvalue weighted by Gasteiger charge is -2.45. The van der Waals surface area contributed by atoms with Crippen LogP contribution in [-0.4, -0.2) is 83.2 Å². The molecule has 12 nitrogen and oxygen atoms in total. The molecule has 4 atom stereocenters. The van der Waals surface area contributed by atoms with Gasteiger partial charge in [0.2, 0.25) is 17.5 Å². The molecule has 0 fully saturated rings. The van der Waals surface area contributed by atoms with Gasteiger partial charge in [-0.3, -0.25) is 14.4 Å². The zero-order chi connectivity index (χ0) is 75.2. The summed E-state index contributed by atoms with van der Waals surface area (Å²) in [5, 5.41) is 16.9. The highest BCUT2D eigenvalue weighted by molar-refractivity contribution is 7.01. The number of hydrogen-bond donors (Lipinski definition) is 4. The Bertz CT molecular complexity index is 4630. The normalized spacial score (nSPS) is 13.8. The van der Waals surface area contributed by atoms with Crippen LogP contribution in [0.1, 0.15) is 107 Å². The summed E-state index contributed by atoms with van der Waals surface area (Å²) in [6.07, 6.45) is -3.93. The van der Waals surface area contributed by atoms with Crippen LogP contribution in [0.5, 0.6) is 11.5 Å². The molecule has 105 heavy (non-hydrogen) atoms. The molecule has 0 radical (unpaired) electrons. The highest BCUT2D eigenvalue weighted by atomic mass is 28.4. The second-order valence-corrected chi connectivity index (χ2v) is 46.9. The molecule has 11 aromatic rings. The Morgan fingerprint density at radius 1 is 0.448 bits per heavy atom. The summed E-state index contributed by atoms with van der Waals surface area (Å²) in [6, 6.07) is 89.8. The number of benzene rings is 10. The zero-order valence-electron chi connectivity index (χ0n) is 62.3. The second kappa shape index (κ2) is 31.4. The molecule has 10 aromatic carbocycles. The summed E-state index contributed by atoms with van der Waals surface area (Å²) in [7, 11) is -14.9. The number of aliphatic hydroxyl groups excluding tert-OH is 1. The third kappa shape index (κ3) is 15.3. The largest absolute Gasteiger partial charge is 0.533 e. The Hall–Kier alpha value is -9.34. The van der Waals surface area contributed by atoms with E-state index in [0.29, 0.717) is 27.9 Å². The number of rotatable bonds is 28. The van der Waals surface area contributed by atoms with E-state index in [0.717, 1.165) is 36.7 Å². The molecule has 542 valence electrons. The van der Waals surface area contributed by atoms with Gasteiger partial charge in [0, 0.05) is 19.4 Å². The first-order valence-electron chi connectivity index (χ1n) is 36.2. The predicted octanol–water partition coefficient (Wildman–Crippen LogP) is 13.1. The van der Waals surface area contributed by atoms with Crippen molar-refractivity contribution in [1.29, 1.82) is 0 Å². The number of carbonyl (C=O) groups excluding carboxylic acids is 2. The molecule has 0 saturated heterocycles. The Balaban J connectivity index is 1.18. The van der Waals surface area contributed by atoms with E-state index in [1.165, 1.54) is 13.8 Å². The minimum absolute atomic E-state index is 0.00765. The molecule has 4 unspecified atom stereocenters. The molecule has 0 aliphatic rings. The lowest BCUT2D eigenvalue weighted by atomic mass is 9.87. The van der Waals surface area contributed by atoms with Gasteiger partial charge in [-0.2, -0.15) is 0 Å². The zero-order valence-corrected chi connectivity index (χ0v) is 66.3. The Labute approximate surface area is 622 Å². The van der Waals surface area contributed by atoms with Crippen LogP contribution < -0.4 is 56.1 Å². The quantitative estimate of drug-likeness (QED) is 0.0207. The van der Waals surface area contributed by atoms with Crippen LogP contribution in [0.4, 0.5) is 0 Å². The fourth-order valence-electron chi connectivity index (χ4n) is 16.1. The number of esters is 2. The molecule has 0 aliphatic heterocycles. The number of aliphatic hydroxyl groups is 1. The van der Waals surface area contributed by atoms with Crippen LogP contribution >= 0.6 is 0 Å². The van der Waals surface area contributed by atoms with E-state index in [9.17, 15) is 29.1 Å². The van der Waals surface area contributed by atoms with E-state index in [2.05, 4.69) is 72.7 Å². The molecule has 0 spiro atoms. The number of hydrogen-bond acceptors (Lipinski definition) is 12. The van der Waals surface area contributed by atoms with Crippen LogP contribution in [0.15, 0.2) is 288 Å². The fraction of sp³-hybridized carbons (Fsp3) is 0.270. The van der Waals surface area contributed by atoms with E-state index in [1.807, 2.05) is 269 Å². The van der Waals surface area contributed by atoms with Crippen molar-refractivity contribution in [1.82, 2.24) is 0 Å². The van der Waals surface area contributed by atoms with Gasteiger partial charge in [0.05, 0.1) is 5.92 Å². The van der Waals surface area contributed by atoms with E-state index in [-0.39, 0.29) is 41.7 Å². The van der Waals surface area contributed by atoms with Gasteiger partial charge < -0.3 is 42.5 Å². The third-order valence-corrected chi connectivity index (χ3v) is 39.8. The first-order valence-corrected chi connectivity index (χ1v) is 44.0. The number of carbonyl (C=O) groups is 2. The smallest absolute Gasteiger partial charge is 0.319 e. The van der Waals surface area contributed by atoms with E-state index >= 15 is 4.79 Å². The van der Waals surface area contributed by atoms with Crippen LogP contribution in [0.25, 0.3) is 22.3 Å². The molecule has 0 bridgehead atoms. The van der Waals surface area contributed by atoms with Crippen molar-refractivity contribution < 1.29 is 52.1 Å². The van der Waals surface area contributed by atoms with Gasteiger partial charge in [-0.05, 0) is 111 Å². The van der Waals surface area contributed by atoms with E-state index < -0.39 is 101 Å². The van der Waals surface area contributed by atoms with Crippen LogP contribution in [-0.2, 0) is 31.9 Å². The van der Waals surface area contributed by atoms with Crippen molar-refractivity contribution in [2.45, 2.75) is 147 Å². The highest BCUT2D eigenvalue weighted by Gasteiger charge is 2.57. The first kappa shape index (κ1) is 76.8. The molecule has 0 amide bonds. The average molecular weight is 1470 g/mol. The summed E-state index contributed by atoms with van der Waals surface area (Å²) in [5.74, 6) is -3.03. The molecule has 0 aliphatic carbocycles. The lowest BCUT2D eigenvalue weighted by molar-refractivity contribution is -0.185. The maximum atomic E-state index is 17.2. The van der Waals surface area contributed by atoms with Gasteiger partial charge in [0.15, 0.2) is 5.76 Å².